The molecule has 1 aromatic rings. The monoisotopic (exact) mass is 376 g/mol. The van der Waals surface area contributed by atoms with Crippen LogP contribution in [0.4, 0.5) is 15.8 Å². The van der Waals surface area contributed by atoms with Gasteiger partial charge in [-0.05, 0) is 32.0 Å². The van der Waals surface area contributed by atoms with Gasteiger partial charge in [-0.1, -0.05) is 0 Å². The van der Waals surface area contributed by atoms with Crippen LogP contribution in [0.15, 0.2) is 12.1 Å². The molecule has 140 valence electrons. The van der Waals surface area contributed by atoms with Gasteiger partial charge in [-0.25, -0.2) is 4.39 Å². The van der Waals surface area contributed by atoms with Crippen molar-refractivity contribution in [1.29, 1.82) is 0 Å². The molecule has 4 N–H and O–H groups in total. The second-order valence-electron chi connectivity index (χ2n) is 6.01. The number of nitro benzene ring substituents is 1. The third-order valence-electron chi connectivity index (χ3n) is 4.30. The second kappa shape index (κ2) is 8.93. The molecule has 1 fully saturated rings. The third-order valence-corrected chi connectivity index (χ3v) is 4.30. The van der Waals surface area contributed by atoms with Crippen LogP contribution in [0, 0.1) is 21.3 Å². The van der Waals surface area contributed by atoms with Gasteiger partial charge in [-0.2, -0.15) is 0 Å². The van der Waals surface area contributed by atoms with Crippen LogP contribution in [0.1, 0.15) is 23.2 Å². The smallest absolute Gasteiger partial charge is 0.295 e. The van der Waals surface area contributed by atoms with Crippen LogP contribution in [-0.4, -0.2) is 44.2 Å². The van der Waals surface area contributed by atoms with Crippen LogP contribution in [-0.2, 0) is 4.74 Å². The zero-order valence-corrected chi connectivity index (χ0v) is 14.7. The molecule has 0 unspecified atom stereocenters. The lowest BCUT2D eigenvalue weighted by molar-refractivity contribution is -0.384. The Hall–Kier alpha value is -1.97. The number of carbonyl (C=O) groups excluding carboxylic acids is 1. The lowest BCUT2D eigenvalue weighted by Gasteiger charge is -2.37. The molecule has 1 heterocycles. The number of nitrogens with zero attached hydrogens (tertiary/aromatic N) is 1. The fourth-order valence-corrected chi connectivity index (χ4v) is 2.94. The van der Waals surface area contributed by atoms with Crippen molar-refractivity contribution in [3.05, 3.63) is 33.6 Å². The minimum Gasteiger partial charge on any atom is -0.393 e. The first-order chi connectivity index (χ1) is 11.4. The number of ether oxygens (including phenoxy) is 1. The summed E-state index contributed by atoms with van der Waals surface area (Å²) in [5.41, 5.74) is 4.24. The summed E-state index contributed by atoms with van der Waals surface area (Å²) >= 11 is 0. The van der Waals surface area contributed by atoms with E-state index in [0.29, 0.717) is 19.2 Å². The molecule has 8 nitrogen and oxygen atoms in total. The van der Waals surface area contributed by atoms with E-state index in [4.69, 9.17) is 10.5 Å². The maximum atomic E-state index is 13.6. The van der Waals surface area contributed by atoms with Crippen LogP contribution in [0.2, 0.25) is 0 Å². The van der Waals surface area contributed by atoms with Crippen molar-refractivity contribution in [2.75, 3.05) is 39.1 Å². The molecule has 0 spiro atoms. The van der Waals surface area contributed by atoms with Crippen molar-refractivity contribution in [2.24, 2.45) is 5.41 Å². The summed E-state index contributed by atoms with van der Waals surface area (Å²) in [5.74, 6) is -1.52. The van der Waals surface area contributed by atoms with Crippen LogP contribution >= 0.6 is 12.4 Å². The first-order valence-corrected chi connectivity index (χ1v) is 7.60. The number of rotatable bonds is 6. The van der Waals surface area contributed by atoms with Gasteiger partial charge in [0.05, 0.1) is 23.2 Å². The Morgan fingerprint density at radius 3 is 2.68 bits per heavy atom. The third kappa shape index (κ3) is 5.00. The number of methoxy groups -OCH3 is 1. The quantitative estimate of drug-likeness (QED) is 0.393. The minimum absolute atomic E-state index is 0. The summed E-state index contributed by atoms with van der Waals surface area (Å²) in [6, 6.07) is 1.61. The number of piperidine rings is 1. The van der Waals surface area contributed by atoms with Gasteiger partial charge in [0.15, 0.2) is 0 Å². The number of benzene rings is 1. The average Bonchev–Trinajstić information content (AvgIpc) is 2.55. The fraction of sp³-hybridized carbons (Fsp3) is 0.533. The summed E-state index contributed by atoms with van der Waals surface area (Å²) in [6.45, 7) is 2.43. The second-order valence-corrected chi connectivity index (χ2v) is 6.01. The van der Waals surface area contributed by atoms with Gasteiger partial charge in [0.1, 0.15) is 11.5 Å². The molecule has 0 atom stereocenters. The maximum Gasteiger partial charge on any atom is 0.295 e. The minimum atomic E-state index is -0.880. The average molecular weight is 377 g/mol. The van der Waals surface area contributed by atoms with Gasteiger partial charge in [-0.15, -0.1) is 12.4 Å². The van der Waals surface area contributed by atoms with Gasteiger partial charge in [-0.3, -0.25) is 14.9 Å². The lowest BCUT2D eigenvalue weighted by atomic mass is 9.79. The van der Waals surface area contributed by atoms with Crippen molar-refractivity contribution in [2.45, 2.75) is 12.8 Å². The zero-order valence-electron chi connectivity index (χ0n) is 13.8. The van der Waals surface area contributed by atoms with E-state index in [9.17, 15) is 19.3 Å². The predicted molar refractivity (Wildman–Crippen MR) is 93.5 cm³/mol. The van der Waals surface area contributed by atoms with E-state index in [1.54, 1.807) is 7.11 Å². The number of carbonyl (C=O) groups is 1. The van der Waals surface area contributed by atoms with Crippen molar-refractivity contribution >= 4 is 29.7 Å². The highest BCUT2D eigenvalue weighted by Gasteiger charge is 2.33. The van der Waals surface area contributed by atoms with Gasteiger partial charge in [0.25, 0.3) is 11.6 Å². The molecule has 0 radical (unpaired) electrons. The first-order valence-electron chi connectivity index (χ1n) is 7.60. The SMILES string of the molecule is COCC1(CNC(=O)c2cc(F)cc([N+](=O)[O-])c2N)CCNCC1.Cl. The fourth-order valence-electron chi connectivity index (χ4n) is 2.94. The molecule has 1 aromatic carbocycles. The van der Waals surface area contributed by atoms with Gasteiger partial charge in [0, 0.05) is 19.1 Å². The normalized spacial score (nSPS) is 15.9. The van der Waals surface area contributed by atoms with E-state index >= 15 is 0 Å². The molecule has 0 aromatic heterocycles. The molecule has 1 amide bonds. The standard InChI is InChI=1S/C15H21FN4O4.ClH/c1-24-9-15(2-4-18-5-3-15)8-19-14(21)11-6-10(16)7-12(13(11)17)20(22)23;/h6-7,18H,2-5,8-9,17H2,1H3,(H,19,21);1H. The number of nitrogens with one attached hydrogen (secondary N) is 2. The lowest BCUT2D eigenvalue weighted by Crippen LogP contribution is -2.47. The van der Waals surface area contributed by atoms with E-state index in [-0.39, 0.29) is 29.1 Å². The Morgan fingerprint density at radius 2 is 2.12 bits per heavy atom. The van der Waals surface area contributed by atoms with Crippen LogP contribution in [0.25, 0.3) is 0 Å². The van der Waals surface area contributed by atoms with E-state index in [2.05, 4.69) is 10.6 Å². The highest BCUT2D eigenvalue weighted by molar-refractivity contribution is 6.01. The Bertz CT molecular complexity index is 633. The van der Waals surface area contributed by atoms with Crippen molar-refractivity contribution < 1.29 is 18.8 Å². The number of hydrogen-bond donors (Lipinski definition) is 3. The molecule has 0 saturated carbocycles. The Morgan fingerprint density at radius 1 is 1.48 bits per heavy atom. The summed E-state index contributed by atoms with van der Waals surface area (Å²) < 4.78 is 18.8. The maximum absolute atomic E-state index is 13.6. The van der Waals surface area contributed by atoms with E-state index in [1.165, 1.54) is 0 Å². The van der Waals surface area contributed by atoms with Crippen LogP contribution in [0.5, 0.6) is 0 Å². The summed E-state index contributed by atoms with van der Waals surface area (Å²) in [6.07, 6.45) is 1.64. The largest absolute Gasteiger partial charge is 0.393 e. The summed E-state index contributed by atoms with van der Waals surface area (Å²) in [4.78, 5) is 22.4. The molecular weight excluding hydrogens is 355 g/mol. The molecule has 0 bridgehead atoms. The molecular formula is C15H22ClFN4O4. The summed E-state index contributed by atoms with van der Waals surface area (Å²) in [5, 5.41) is 16.8. The zero-order chi connectivity index (χ0) is 17.7. The molecule has 1 saturated heterocycles. The van der Waals surface area contributed by atoms with E-state index < -0.39 is 22.3 Å². The van der Waals surface area contributed by atoms with Crippen LogP contribution in [0.3, 0.4) is 0 Å². The Balaban J connectivity index is 0.00000312. The Kier molecular flexibility index (Phi) is 7.53. The van der Waals surface area contributed by atoms with Gasteiger partial charge >= 0.3 is 0 Å². The number of nitrogens with two attached hydrogens (primary N) is 1. The molecule has 1 aliphatic heterocycles. The number of nitro groups is 1. The van der Waals surface area contributed by atoms with Gasteiger partial charge < -0.3 is 21.1 Å². The van der Waals surface area contributed by atoms with Crippen molar-refractivity contribution in [3.63, 3.8) is 0 Å². The molecule has 1 aliphatic rings. The molecule has 25 heavy (non-hydrogen) atoms. The number of nitrogen functional groups attached to an aromatic ring is 1. The van der Waals surface area contributed by atoms with Crippen molar-refractivity contribution in [1.82, 2.24) is 10.6 Å². The Labute approximate surface area is 150 Å². The molecule has 10 heteroatoms. The number of hydrogen-bond acceptors (Lipinski definition) is 6. The highest BCUT2D eigenvalue weighted by atomic mass is 35.5. The van der Waals surface area contributed by atoms with Crippen LogP contribution < -0.4 is 16.4 Å². The highest BCUT2D eigenvalue weighted by Crippen LogP contribution is 2.30. The van der Waals surface area contributed by atoms with E-state index in [1.807, 2.05) is 0 Å². The molecule has 0 aliphatic carbocycles. The van der Waals surface area contributed by atoms with Gasteiger partial charge in [0.2, 0.25) is 0 Å². The van der Waals surface area contributed by atoms with E-state index in [0.717, 1.165) is 32.0 Å². The topological polar surface area (TPSA) is 120 Å². The number of amides is 1. The number of anilines is 1. The first kappa shape index (κ1) is 21.1. The van der Waals surface area contributed by atoms with Crippen molar-refractivity contribution in [3.8, 4) is 0 Å². The number of halogens is 2. The summed E-state index contributed by atoms with van der Waals surface area (Å²) in [7, 11) is 1.60. The predicted octanol–water partition coefficient (Wildman–Crippen LogP) is 1.48. The molecule has 2 rings (SSSR count).